The standard InChI is InChI=1S/C10H7N4.C5H5.2ClH.Hf/c1-2-4-9-6-10(5-8(9)3-1)14-7-11-12-13-14;1-2-4-5-3-1;;;/h1-7H;1-3H,4H2;2*1H;/q2*-1;;;+4/p-2. The van der Waals surface area contributed by atoms with Gasteiger partial charge >= 0.3 is 25.8 Å². The Morgan fingerprint density at radius 3 is 2.55 bits per heavy atom. The predicted octanol–water partition coefficient (Wildman–Crippen LogP) is -3.15. The number of nitrogens with zero attached hydrogens (tertiary/aromatic N) is 4. The normalized spacial score (nSPS) is 10.9. The molecule has 0 unspecified atom stereocenters. The van der Waals surface area contributed by atoms with Crippen molar-refractivity contribution in [1.29, 1.82) is 0 Å². The van der Waals surface area contributed by atoms with Gasteiger partial charge in [-0.3, -0.25) is 6.08 Å². The molecule has 2 aromatic carbocycles. The molecule has 0 amide bonds. The first-order chi connectivity index (χ1) is 9.43. The molecular formula is C15H12Cl2HfN4. The van der Waals surface area contributed by atoms with Gasteiger partial charge in [-0.2, -0.15) is 6.08 Å². The Labute approximate surface area is 160 Å². The van der Waals surface area contributed by atoms with E-state index in [1.165, 1.54) is 10.8 Å². The Bertz CT molecular complexity index is 677. The third kappa shape index (κ3) is 5.23. The van der Waals surface area contributed by atoms with Crippen LogP contribution in [0.1, 0.15) is 6.42 Å². The van der Waals surface area contributed by atoms with Crippen molar-refractivity contribution in [2.24, 2.45) is 0 Å². The number of benzene rings is 1. The van der Waals surface area contributed by atoms with Crippen molar-refractivity contribution in [2.75, 3.05) is 0 Å². The summed E-state index contributed by atoms with van der Waals surface area (Å²) in [5, 5.41) is 13.5. The van der Waals surface area contributed by atoms with Gasteiger partial charge < -0.3 is 24.8 Å². The second kappa shape index (κ2) is 10.5. The molecule has 1 heterocycles. The van der Waals surface area contributed by atoms with E-state index in [9.17, 15) is 0 Å². The summed E-state index contributed by atoms with van der Waals surface area (Å²) in [6.07, 6.45) is 11.6. The Hall–Kier alpha value is -1.17. The van der Waals surface area contributed by atoms with E-state index in [0.29, 0.717) is 0 Å². The smallest absolute Gasteiger partial charge is 1.00 e. The number of tetrazole rings is 1. The summed E-state index contributed by atoms with van der Waals surface area (Å²) in [7, 11) is 0. The Kier molecular flexibility index (Phi) is 9.98. The molecule has 0 bridgehead atoms. The SMILES string of the molecule is [C-]1=CC=CC1.[Cl-].[Cl-].[Hf+4].c1ccc2[cH-]c(-n3cnnn3)cc2c1. The molecule has 0 N–H and O–H groups in total. The fraction of sp³-hybridized carbons (Fsp3) is 0.0667. The maximum atomic E-state index is 3.84. The molecule has 0 radical (unpaired) electrons. The van der Waals surface area contributed by atoms with Crippen LogP contribution < -0.4 is 24.8 Å². The summed E-state index contributed by atoms with van der Waals surface area (Å²) in [6, 6.07) is 12.3. The summed E-state index contributed by atoms with van der Waals surface area (Å²) >= 11 is 0. The first-order valence-electron chi connectivity index (χ1n) is 6.04. The van der Waals surface area contributed by atoms with Gasteiger partial charge in [-0.25, -0.2) is 16.8 Å². The molecule has 1 aromatic heterocycles. The van der Waals surface area contributed by atoms with Gasteiger partial charge in [0, 0.05) is 0 Å². The quantitative estimate of drug-likeness (QED) is 0.264. The van der Waals surface area contributed by atoms with Crippen LogP contribution in [0.3, 0.4) is 0 Å². The van der Waals surface area contributed by atoms with Gasteiger partial charge in [0.2, 0.25) is 0 Å². The monoisotopic (exact) mass is 498 g/mol. The molecule has 0 atom stereocenters. The summed E-state index contributed by atoms with van der Waals surface area (Å²) < 4.78 is 1.65. The van der Waals surface area contributed by atoms with Crippen LogP contribution in [0.5, 0.6) is 0 Å². The van der Waals surface area contributed by atoms with Crippen LogP contribution in [0, 0.1) is 6.08 Å². The molecule has 4 nitrogen and oxygen atoms in total. The van der Waals surface area contributed by atoms with Crippen molar-refractivity contribution >= 4 is 10.8 Å². The maximum absolute atomic E-state index is 3.84. The molecular weight excluding hydrogens is 486 g/mol. The number of rotatable bonds is 1. The summed E-state index contributed by atoms with van der Waals surface area (Å²) in [6.45, 7) is 0. The molecule has 7 heteroatoms. The van der Waals surface area contributed by atoms with Gasteiger partial charge in [-0.1, -0.05) is 6.07 Å². The minimum Gasteiger partial charge on any atom is -1.00 e. The number of hydrogen-bond donors (Lipinski definition) is 0. The summed E-state index contributed by atoms with van der Waals surface area (Å²) in [4.78, 5) is 0. The van der Waals surface area contributed by atoms with Crippen molar-refractivity contribution in [3.05, 3.63) is 67.0 Å². The van der Waals surface area contributed by atoms with E-state index in [-0.39, 0.29) is 50.7 Å². The van der Waals surface area contributed by atoms with E-state index in [1.807, 2.05) is 24.3 Å². The van der Waals surface area contributed by atoms with E-state index in [1.54, 1.807) is 11.0 Å². The van der Waals surface area contributed by atoms with Gasteiger partial charge in [0.05, 0.1) is 0 Å². The van der Waals surface area contributed by atoms with E-state index >= 15 is 0 Å². The minimum absolute atomic E-state index is 0. The number of halogens is 2. The summed E-state index contributed by atoms with van der Waals surface area (Å²) in [5.74, 6) is 0. The van der Waals surface area contributed by atoms with Gasteiger partial charge in [-0.15, -0.1) is 52.6 Å². The number of aromatic nitrogens is 4. The second-order valence-electron chi connectivity index (χ2n) is 4.10. The zero-order chi connectivity index (χ0) is 12.9. The maximum Gasteiger partial charge on any atom is 4.00 e. The van der Waals surface area contributed by atoms with Gasteiger partial charge in [0.1, 0.15) is 6.33 Å². The first-order valence-corrected chi connectivity index (χ1v) is 6.04. The molecule has 1 aliphatic carbocycles. The van der Waals surface area contributed by atoms with E-state index in [2.05, 4.69) is 51.9 Å². The molecule has 0 saturated heterocycles. The predicted molar refractivity (Wildman–Crippen MR) is 73.8 cm³/mol. The van der Waals surface area contributed by atoms with Crippen molar-refractivity contribution in [3.63, 3.8) is 0 Å². The zero-order valence-electron chi connectivity index (χ0n) is 11.5. The Morgan fingerprint density at radius 2 is 2.00 bits per heavy atom. The number of fused-ring (bicyclic) bond motifs is 1. The Balaban J connectivity index is 0.000000482. The van der Waals surface area contributed by atoms with Gasteiger partial charge in [0.15, 0.2) is 0 Å². The average Bonchev–Trinajstić information content (AvgIpc) is 3.20. The third-order valence-electron chi connectivity index (χ3n) is 2.80. The van der Waals surface area contributed by atoms with Crippen LogP contribution in [0.25, 0.3) is 16.5 Å². The largest absolute Gasteiger partial charge is 4.00 e. The van der Waals surface area contributed by atoms with Gasteiger partial charge in [0.25, 0.3) is 0 Å². The molecule has 0 fully saturated rings. The Morgan fingerprint density at radius 1 is 1.18 bits per heavy atom. The van der Waals surface area contributed by atoms with Crippen LogP contribution >= 0.6 is 0 Å². The summed E-state index contributed by atoms with van der Waals surface area (Å²) in [5.41, 5.74) is 0.996. The molecule has 22 heavy (non-hydrogen) atoms. The second-order valence-corrected chi connectivity index (χ2v) is 4.10. The topological polar surface area (TPSA) is 43.6 Å². The van der Waals surface area contributed by atoms with Crippen molar-refractivity contribution in [1.82, 2.24) is 20.2 Å². The molecule has 0 saturated carbocycles. The zero-order valence-corrected chi connectivity index (χ0v) is 16.6. The van der Waals surface area contributed by atoms with Crippen molar-refractivity contribution < 1.29 is 50.7 Å². The van der Waals surface area contributed by atoms with E-state index < -0.39 is 0 Å². The molecule has 110 valence electrons. The van der Waals surface area contributed by atoms with Crippen LogP contribution in [0.15, 0.2) is 61.0 Å². The van der Waals surface area contributed by atoms with Crippen LogP contribution in [0.2, 0.25) is 0 Å². The van der Waals surface area contributed by atoms with E-state index in [0.717, 1.165) is 12.1 Å². The van der Waals surface area contributed by atoms with Crippen molar-refractivity contribution in [2.45, 2.75) is 6.42 Å². The average molecular weight is 498 g/mol. The minimum atomic E-state index is 0. The third-order valence-corrected chi connectivity index (χ3v) is 2.80. The van der Waals surface area contributed by atoms with Crippen molar-refractivity contribution in [3.8, 4) is 5.69 Å². The fourth-order valence-corrected chi connectivity index (χ4v) is 1.89. The first kappa shape index (κ1) is 20.8. The van der Waals surface area contributed by atoms with E-state index in [4.69, 9.17) is 0 Å². The number of hydrogen-bond acceptors (Lipinski definition) is 3. The molecule has 4 rings (SSSR count). The molecule has 3 aromatic rings. The number of allylic oxidation sites excluding steroid dienone is 4. The fourth-order valence-electron chi connectivity index (χ4n) is 1.89. The van der Waals surface area contributed by atoms with Crippen LogP contribution in [-0.4, -0.2) is 20.2 Å². The molecule has 0 spiro atoms. The van der Waals surface area contributed by atoms with Crippen LogP contribution in [0.4, 0.5) is 0 Å². The van der Waals surface area contributed by atoms with Gasteiger partial charge in [-0.05, 0) is 16.1 Å². The van der Waals surface area contributed by atoms with Crippen LogP contribution in [-0.2, 0) is 25.8 Å². The molecule has 0 aliphatic heterocycles. The molecule has 1 aliphatic rings.